The molecule has 0 aliphatic heterocycles. The molecule has 0 fully saturated rings. The number of rotatable bonds is 6. The van der Waals surface area contributed by atoms with Crippen LogP contribution < -0.4 is 10.1 Å². The van der Waals surface area contributed by atoms with Crippen LogP contribution in [0.4, 0.5) is 0 Å². The van der Waals surface area contributed by atoms with E-state index in [4.69, 9.17) is 10.00 Å². The number of aryl methyl sites for hydroxylation is 1. The lowest BCUT2D eigenvalue weighted by atomic mass is 10.1. The number of aromatic nitrogens is 2. The van der Waals surface area contributed by atoms with Gasteiger partial charge in [0, 0.05) is 25.8 Å². The SMILES string of the molecule is CC(NCc1ccnn1C)c1ccc(OCC#N)cc1. The van der Waals surface area contributed by atoms with Gasteiger partial charge in [0.05, 0.1) is 5.69 Å². The molecule has 0 bridgehead atoms. The molecule has 1 atom stereocenters. The van der Waals surface area contributed by atoms with E-state index in [1.54, 1.807) is 6.20 Å². The number of hydrogen-bond acceptors (Lipinski definition) is 4. The summed E-state index contributed by atoms with van der Waals surface area (Å²) >= 11 is 0. The average molecular weight is 270 g/mol. The molecule has 0 spiro atoms. The molecule has 0 saturated carbocycles. The van der Waals surface area contributed by atoms with E-state index in [0.717, 1.165) is 12.2 Å². The average Bonchev–Trinajstić information content (AvgIpc) is 2.88. The topological polar surface area (TPSA) is 62.9 Å². The fourth-order valence-corrected chi connectivity index (χ4v) is 1.92. The largest absolute Gasteiger partial charge is 0.479 e. The van der Waals surface area contributed by atoms with Crippen LogP contribution in [0.3, 0.4) is 0 Å². The van der Waals surface area contributed by atoms with Gasteiger partial charge in [-0.25, -0.2) is 0 Å². The molecule has 5 nitrogen and oxygen atoms in total. The highest BCUT2D eigenvalue weighted by Crippen LogP contribution is 2.17. The number of nitriles is 1. The van der Waals surface area contributed by atoms with Crippen LogP contribution in [0.1, 0.15) is 24.2 Å². The molecule has 0 aliphatic rings. The molecule has 2 rings (SSSR count). The van der Waals surface area contributed by atoms with E-state index in [0.29, 0.717) is 5.75 Å². The second-order valence-electron chi connectivity index (χ2n) is 4.56. The summed E-state index contributed by atoms with van der Waals surface area (Å²) in [6.07, 6.45) is 1.79. The van der Waals surface area contributed by atoms with Crippen LogP contribution >= 0.6 is 0 Å². The van der Waals surface area contributed by atoms with E-state index in [2.05, 4.69) is 17.3 Å². The molecule has 1 unspecified atom stereocenters. The maximum Gasteiger partial charge on any atom is 0.174 e. The third-order valence-corrected chi connectivity index (χ3v) is 3.20. The summed E-state index contributed by atoms with van der Waals surface area (Å²) in [4.78, 5) is 0. The minimum Gasteiger partial charge on any atom is -0.479 e. The molecular formula is C15H18N4O. The molecule has 104 valence electrons. The van der Waals surface area contributed by atoms with Gasteiger partial charge in [0.2, 0.25) is 0 Å². The minimum absolute atomic E-state index is 0.0770. The molecule has 1 heterocycles. The summed E-state index contributed by atoms with van der Waals surface area (Å²) in [7, 11) is 1.93. The van der Waals surface area contributed by atoms with Crippen LogP contribution in [0.2, 0.25) is 0 Å². The highest BCUT2D eigenvalue weighted by atomic mass is 16.5. The standard InChI is InChI=1S/C15H18N4O/c1-12(17-11-14-7-9-18-19(14)2)13-3-5-15(6-4-13)20-10-8-16/h3-7,9,12,17H,10-11H2,1-2H3. The second kappa shape index (κ2) is 6.73. The van der Waals surface area contributed by atoms with Gasteiger partial charge in [-0.3, -0.25) is 4.68 Å². The number of hydrogen-bond donors (Lipinski definition) is 1. The van der Waals surface area contributed by atoms with Gasteiger partial charge in [0.25, 0.3) is 0 Å². The Morgan fingerprint density at radius 2 is 2.10 bits per heavy atom. The van der Waals surface area contributed by atoms with Crippen molar-refractivity contribution in [3.8, 4) is 11.8 Å². The molecule has 0 aliphatic carbocycles. The minimum atomic E-state index is 0.0770. The fourth-order valence-electron chi connectivity index (χ4n) is 1.92. The monoisotopic (exact) mass is 270 g/mol. The summed E-state index contributed by atoms with van der Waals surface area (Å²) in [6, 6.07) is 12.0. The van der Waals surface area contributed by atoms with E-state index in [-0.39, 0.29) is 12.6 Å². The maximum atomic E-state index is 8.46. The number of nitrogens with one attached hydrogen (secondary N) is 1. The smallest absolute Gasteiger partial charge is 0.174 e. The lowest BCUT2D eigenvalue weighted by molar-refractivity contribution is 0.368. The number of ether oxygens (including phenoxy) is 1. The molecule has 0 radical (unpaired) electrons. The van der Waals surface area contributed by atoms with Crippen LogP contribution in [0.5, 0.6) is 5.75 Å². The van der Waals surface area contributed by atoms with Gasteiger partial charge in [0.15, 0.2) is 6.61 Å². The normalized spacial score (nSPS) is 11.8. The molecule has 0 amide bonds. The Morgan fingerprint density at radius 1 is 1.35 bits per heavy atom. The first-order chi connectivity index (χ1) is 9.70. The van der Waals surface area contributed by atoms with Crippen molar-refractivity contribution in [3.63, 3.8) is 0 Å². The first-order valence-electron chi connectivity index (χ1n) is 6.50. The van der Waals surface area contributed by atoms with Gasteiger partial charge in [-0.05, 0) is 30.7 Å². The van der Waals surface area contributed by atoms with Gasteiger partial charge in [-0.2, -0.15) is 10.4 Å². The second-order valence-corrected chi connectivity index (χ2v) is 4.56. The zero-order valence-electron chi connectivity index (χ0n) is 11.7. The molecule has 0 saturated heterocycles. The third kappa shape index (κ3) is 3.59. The van der Waals surface area contributed by atoms with Crippen LogP contribution in [-0.4, -0.2) is 16.4 Å². The summed E-state index contributed by atoms with van der Waals surface area (Å²) in [5.41, 5.74) is 2.32. The van der Waals surface area contributed by atoms with Gasteiger partial charge in [-0.1, -0.05) is 12.1 Å². The van der Waals surface area contributed by atoms with Crippen molar-refractivity contribution in [2.24, 2.45) is 7.05 Å². The Bertz CT molecular complexity index is 583. The predicted octanol–water partition coefficient (Wildman–Crippen LogP) is 2.17. The molecule has 1 N–H and O–H groups in total. The van der Waals surface area contributed by atoms with Gasteiger partial charge in [0.1, 0.15) is 11.8 Å². The van der Waals surface area contributed by atoms with E-state index in [1.807, 2.05) is 48.1 Å². The first-order valence-corrected chi connectivity index (χ1v) is 6.50. The summed E-state index contributed by atoms with van der Waals surface area (Å²) in [5, 5.41) is 16.1. The van der Waals surface area contributed by atoms with Crippen molar-refractivity contribution < 1.29 is 4.74 Å². The highest BCUT2D eigenvalue weighted by Gasteiger charge is 2.06. The van der Waals surface area contributed by atoms with Crippen molar-refractivity contribution in [2.45, 2.75) is 19.5 Å². The quantitative estimate of drug-likeness (QED) is 0.873. The fraction of sp³-hybridized carbons (Fsp3) is 0.333. The van der Waals surface area contributed by atoms with Crippen LogP contribution in [0.15, 0.2) is 36.5 Å². The summed E-state index contributed by atoms with van der Waals surface area (Å²) in [5.74, 6) is 0.717. The molecular weight excluding hydrogens is 252 g/mol. The Morgan fingerprint density at radius 3 is 2.70 bits per heavy atom. The Balaban J connectivity index is 1.90. The lowest BCUT2D eigenvalue weighted by Crippen LogP contribution is -2.19. The van der Waals surface area contributed by atoms with Gasteiger partial charge < -0.3 is 10.1 Å². The van der Waals surface area contributed by atoms with Crippen molar-refractivity contribution >= 4 is 0 Å². The summed E-state index contributed by atoms with van der Waals surface area (Å²) in [6.45, 7) is 2.96. The predicted molar refractivity (Wildman–Crippen MR) is 76.0 cm³/mol. The molecule has 1 aromatic heterocycles. The Hall–Kier alpha value is -2.32. The van der Waals surface area contributed by atoms with Crippen molar-refractivity contribution in [3.05, 3.63) is 47.8 Å². The first kappa shape index (κ1) is 14.1. The number of nitrogens with zero attached hydrogens (tertiary/aromatic N) is 3. The maximum absolute atomic E-state index is 8.46. The zero-order valence-corrected chi connectivity index (χ0v) is 11.7. The van der Waals surface area contributed by atoms with Crippen LogP contribution in [0, 0.1) is 11.3 Å². The molecule has 20 heavy (non-hydrogen) atoms. The van der Waals surface area contributed by atoms with E-state index in [9.17, 15) is 0 Å². The van der Waals surface area contributed by atoms with Crippen molar-refractivity contribution in [2.75, 3.05) is 6.61 Å². The Kier molecular flexibility index (Phi) is 4.75. The van der Waals surface area contributed by atoms with E-state index >= 15 is 0 Å². The van der Waals surface area contributed by atoms with Crippen molar-refractivity contribution in [1.29, 1.82) is 5.26 Å². The Labute approximate surface area is 118 Å². The third-order valence-electron chi connectivity index (χ3n) is 3.20. The number of benzene rings is 1. The molecule has 2 aromatic rings. The van der Waals surface area contributed by atoms with Gasteiger partial charge in [-0.15, -0.1) is 0 Å². The molecule has 5 heteroatoms. The zero-order chi connectivity index (χ0) is 14.4. The highest BCUT2D eigenvalue weighted by molar-refractivity contribution is 5.29. The van der Waals surface area contributed by atoms with Gasteiger partial charge >= 0.3 is 0 Å². The van der Waals surface area contributed by atoms with E-state index in [1.165, 1.54) is 5.56 Å². The van der Waals surface area contributed by atoms with Crippen molar-refractivity contribution in [1.82, 2.24) is 15.1 Å². The van der Waals surface area contributed by atoms with Crippen LogP contribution in [-0.2, 0) is 13.6 Å². The lowest BCUT2D eigenvalue weighted by Gasteiger charge is -2.14. The molecule has 1 aromatic carbocycles. The van der Waals surface area contributed by atoms with E-state index < -0.39 is 0 Å². The summed E-state index contributed by atoms with van der Waals surface area (Å²) < 4.78 is 7.09. The van der Waals surface area contributed by atoms with Crippen LogP contribution in [0.25, 0.3) is 0 Å².